The van der Waals surface area contributed by atoms with Crippen molar-refractivity contribution in [1.29, 1.82) is 0 Å². The van der Waals surface area contributed by atoms with Gasteiger partial charge in [-0.05, 0) is 13.0 Å². The molecule has 1 aromatic rings. The van der Waals surface area contributed by atoms with Crippen LogP contribution in [-0.4, -0.2) is 67.7 Å². The summed E-state index contributed by atoms with van der Waals surface area (Å²) >= 11 is 0. The first-order valence-corrected chi connectivity index (χ1v) is 6.81. The van der Waals surface area contributed by atoms with E-state index >= 15 is 0 Å². The van der Waals surface area contributed by atoms with Crippen LogP contribution in [0.15, 0.2) is 12.3 Å². The van der Waals surface area contributed by atoms with Crippen molar-refractivity contribution in [2.75, 3.05) is 56.6 Å². The molecule has 0 bridgehead atoms. The largest absolute Gasteiger partial charge is 0.354 e. The summed E-state index contributed by atoms with van der Waals surface area (Å²) in [5, 5.41) is 0. The lowest BCUT2D eigenvalue weighted by Crippen LogP contribution is -2.51. The summed E-state index contributed by atoms with van der Waals surface area (Å²) in [6, 6.07) is 2.44. The third-order valence-corrected chi connectivity index (χ3v) is 3.63. The van der Waals surface area contributed by atoms with Gasteiger partial charge in [0.1, 0.15) is 5.82 Å². The predicted molar refractivity (Wildman–Crippen MR) is 78.7 cm³/mol. The Labute approximate surface area is 115 Å². The zero-order valence-corrected chi connectivity index (χ0v) is 12.1. The molecule has 0 amide bonds. The average molecular weight is 264 g/mol. The van der Waals surface area contributed by atoms with Gasteiger partial charge in [0.05, 0.1) is 0 Å². The minimum Gasteiger partial charge on any atom is -0.354 e. The van der Waals surface area contributed by atoms with Crippen LogP contribution in [0.1, 0.15) is 6.92 Å². The second-order valence-corrected chi connectivity index (χ2v) is 5.22. The normalized spacial score (nSPS) is 18.4. The number of nitrogens with two attached hydrogens (primary N) is 1. The van der Waals surface area contributed by atoms with E-state index in [1.165, 1.54) is 0 Å². The SMILES string of the molecule is CC(CN)N1CCN(c2ccnc(N(C)C)n2)CC1. The van der Waals surface area contributed by atoms with E-state index in [4.69, 9.17) is 5.73 Å². The second kappa shape index (κ2) is 6.16. The van der Waals surface area contributed by atoms with Crippen LogP contribution in [0.3, 0.4) is 0 Å². The van der Waals surface area contributed by atoms with E-state index < -0.39 is 0 Å². The summed E-state index contributed by atoms with van der Waals surface area (Å²) in [6.45, 7) is 6.98. The van der Waals surface area contributed by atoms with E-state index in [2.05, 4.69) is 26.7 Å². The van der Waals surface area contributed by atoms with Gasteiger partial charge in [0.2, 0.25) is 5.95 Å². The molecular weight excluding hydrogens is 240 g/mol. The van der Waals surface area contributed by atoms with Gasteiger partial charge in [0.15, 0.2) is 0 Å². The number of piperazine rings is 1. The zero-order chi connectivity index (χ0) is 13.8. The molecule has 0 aromatic carbocycles. The van der Waals surface area contributed by atoms with E-state index in [0.29, 0.717) is 6.04 Å². The molecule has 0 saturated carbocycles. The minimum absolute atomic E-state index is 0.463. The van der Waals surface area contributed by atoms with Crippen LogP contribution in [0.2, 0.25) is 0 Å². The molecule has 2 rings (SSSR count). The molecule has 1 saturated heterocycles. The lowest BCUT2D eigenvalue weighted by Gasteiger charge is -2.38. The fraction of sp³-hybridized carbons (Fsp3) is 0.692. The van der Waals surface area contributed by atoms with Gasteiger partial charge in [0, 0.05) is 59.1 Å². The molecule has 1 fully saturated rings. The van der Waals surface area contributed by atoms with Gasteiger partial charge in [-0.3, -0.25) is 4.90 Å². The molecule has 106 valence electrons. The molecule has 1 aliphatic heterocycles. The number of rotatable bonds is 4. The fourth-order valence-corrected chi connectivity index (χ4v) is 2.27. The number of nitrogens with zero attached hydrogens (tertiary/aromatic N) is 5. The van der Waals surface area contributed by atoms with Crippen molar-refractivity contribution in [3.05, 3.63) is 12.3 Å². The number of aromatic nitrogens is 2. The summed E-state index contributed by atoms with van der Waals surface area (Å²) in [5.74, 6) is 1.77. The lowest BCUT2D eigenvalue weighted by atomic mass is 10.2. The Bertz CT molecular complexity index is 400. The maximum atomic E-state index is 5.72. The van der Waals surface area contributed by atoms with Crippen LogP contribution in [0.4, 0.5) is 11.8 Å². The first-order valence-electron chi connectivity index (χ1n) is 6.81. The summed E-state index contributed by atoms with van der Waals surface area (Å²) in [7, 11) is 3.92. The third kappa shape index (κ3) is 3.33. The average Bonchev–Trinajstić information content (AvgIpc) is 2.46. The quantitative estimate of drug-likeness (QED) is 0.827. The predicted octanol–water partition coefficient (Wildman–Crippen LogP) is 0.0118. The Morgan fingerprint density at radius 1 is 1.32 bits per heavy atom. The molecule has 0 spiro atoms. The van der Waals surface area contributed by atoms with Gasteiger partial charge in [-0.25, -0.2) is 4.98 Å². The van der Waals surface area contributed by atoms with Crippen molar-refractivity contribution in [1.82, 2.24) is 14.9 Å². The molecular formula is C13H24N6. The fourth-order valence-electron chi connectivity index (χ4n) is 2.27. The summed E-state index contributed by atoms with van der Waals surface area (Å²) in [4.78, 5) is 15.5. The van der Waals surface area contributed by atoms with Crippen molar-refractivity contribution in [2.24, 2.45) is 5.73 Å². The number of hydrogen-bond acceptors (Lipinski definition) is 6. The molecule has 0 radical (unpaired) electrons. The monoisotopic (exact) mass is 264 g/mol. The van der Waals surface area contributed by atoms with Gasteiger partial charge >= 0.3 is 0 Å². The molecule has 1 unspecified atom stereocenters. The smallest absolute Gasteiger partial charge is 0.226 e. The van der Waals surface area contributed by atoms with Crippen molar-refractivity contribution < 1.29 is 0 Å². The first kappa shape index (κ1) is 14.0. The molecule has 2 N–H and O–H groups in total. The summed E-state index contributed by atoms with van der Waals surface area (Å²) in [5.41, 5.74) is 5.72. The highest BCUT2D eigenvalue weighted by Gasteiger charge is 2.21. The second-order valence-electron chi connectivity index (χ2n) is 5.22. The van der Waals surface area contributed by atoms with Gasteiger partial charge in [-0.15, -0.1) is 0 Å². The highest BCUT2D eigenvalue weighted by molar-refractivity contribution is 5.43. The van der Waals surface area contributed by atoms with Gasteiger partial charge in [-0.1, -0.05) is 0 Å². The lowest BCUT2D eigenvalue weighted by molar-refractivity contribution is 0.201. The molecule has 1 aromatic heterocycles. The Morgan fingerprint density at radius 2 is 2.00 bits per heavy atom. The van der Waals surface area contributed by atoms with E-state index in [0.717, 1.165) is 44.5 Å². The Balaban J connectivity index is 1.99. The van der Waals surface area contributed by atoms with Crippen LogP contribution in [0.25, 0.3) is 0 Å². The zero-order valence-electron chi connectivity index (χ0n) is 12.1. The van der Waals surface area contributed by atoms with Gasteiger partial charge < -0.3 is 15.5 Å². The Morgan fingerprint density at radius 3 is 2.58 bits per heavy atom. The van der Waals surface area contributed by atoms with Crippen molar-refractivity contribution in [3.63, 3.8) is 0 Å². The molecule has 19 heavy (non-hydrogen) atoms. The standard InChI is InChI=1S/C13H24N6/c1-11(10-14)18-6-8-19(9-7-18)12-4-5-15-13(16-12)17(2)3/h4-5,11H,6-10,14H2,1-3H3. The molecule has 6 nitrogen and oxygen atoms in total. The van der Waals surface area contributed by atoms with Gasteiger partial charge in [-0.2, -0.15) is 4.98 Å². The van der Waals surface area contributed by atoms with Crippen LogP contribution >= 0.6 is 0 Å². The van der Waals surface area contributed by atoms with Crippen LogP contribution in [-0.2, 0) is 0 Å². The Hall–Kier alpha value is -1.40. The van der Waals surface area contributed by atoms with E-state index in [9.17, 15) is 0 Å². The number of hydrogen-bond donors (Lipinski definition) is 1. The minimum atomic E-state index is 0.463. The van der Waals surface area contributed by atoms with Gasteiger partial charge in [0.25, 0.3) is 0 Å². The van der Waals surface area contributed by atoms with Crippen LogP contribution < -0.4 is 15.5 Å². The highest BCUT2D eigenvalue weighted by atomic mass is 15.3. The van der Waals surface area contributed by atoms with E-state index in [1.807, 2.05) is 31.3 Å². The van der Waals surface area contributed by atoms with Crippen molar-refractivity contribution in [3.8, 4) is 0 Å². The van der Waals surface area contributed by atoms with Crippen LogP contribution in [0, 0.1) is 0 Å². The van der Waals surface area contributed by atoms with Crippen molar-refractivity contribution in [2.45, 2.75) is 13.0 Å². The number of anilines is 2. The Kier molecular flexibility index (Phi) is 4.55. The van der Waals surface area contributed by atoms with E-state index in [1.54, 1.807) is 0 Å². The summed E-state index contributed by atoms with van der Waals surface area (Å²) in [6.07, 6.45) is 1.83. The maximum absolute atomic E-state index is 5.72. The molecule has 2 heterocycles. The molecule has 6 heteroatoms. The molecule has 1 aliphatic rings. The maximum Gasteiger partial charge on any atom is 0.226 e. The first-order chi connectivity index (χ1) is 9.11. The van der Waals surface area contributed by atoms with Crippen molar-refractivity contribution >= 4 is 11.8 Å². The topological polar surface area (TPSA) is 61.5 Å². The van der Waals surface area contributed by atoms with Crippen LogP contribution in [0.5, 0.6) is 0 Å². The van der Waals surface area contributed by atoms with E-state index in [-0.39, 0.29) is 0 Å². The molecule has 0 aliphatic carbocycles. The molecule has 1 atom stereocenters. The summed E-state index contributed by atoms with van der Waals surface area (Å²) < 4.78 is 0. The highest BCUT2D eigenvalue weighted by Crippen LogP contribution is 2.16. The third-order valence-electron chi connectivity index (χ3n) is 3.63.